The van der Waals surface area contributed by atoms with Gasteiger partial charge in [-0.3, -0.25) is 9.69 Å². The van der Waals surface area contributed by atoms with Crippen molar-refractivity contribution in [1.29, 1.82) is 0 Å². The number of hydrogen-bond donors (Lipinski definition) is 1. The highest BCUT2D eigenvalue weighted by molar-refractivity contribution is 7.90. The molecule has 8 rings (SSSR count). The zero-order valence-electron chi connectivity index (χ0n) is 39.2. The van der Waals surface area contributed by atoms with E-state index in [9.17, 15) is 13.2 Å². The van der Waals surface area contributed by atoms with Crippen molar-refractivity contribution in [3.8, 4) is 17.4 Å². The molecule has 3 aromatic carbocycles. The SMILES string of the molecule is CC1(C)CC(c2ccc(Cl)cc2)=C(CN2CCN(c3ccc(C(=O)NS(=O)(=O)c4cnc(OCC5(F)CCOCC5)c(Cl)c4)c(Oc4cccc5c4cnn5COCC[Si](C)(C)C)c3)CC2)CO1. The van der Waals surface area contributed by atoms with E-state index in [1.165, 1.54) is 11.1 Å². The van der Waals surface area contributed by atoms with Crippen molar-refractivity contribution in [1.82, 2.24) is 24.4 Å². The number of piperazine rings is 1. The van der Waals surface area contributed by atoms with Crippen LogP contribution in [0.15, 0.2) is 89.6 Å². The molecule has 2 aromatic heterocycles. The fourth-order valence-electron chi connectivity index (χ4n) is 8.38. The average molecular weight is 1010 g/mol. The minimum atomic E-state index is -4.52. The van der Waals surface area contributed by atoms with Crippen molar-refractivity contribution in [2.45, 2.75) is 81.7 Å². The standard InChI is InChI=1S/C49H59Cl2FN6O8SSi/c1-48(2)27-40(34-9-11-36(50)12-10-34)35(31-65-48)30-56-17-19-57(20-18-56)37-13-14-39(45(25-37)66-44-8-6-7-43-41(44)29-54-58(43)33-63-23-24-68(3,4)5)46(59)55-67(60,61)38-26-42(51)47(53-28-38)64-32-49(52)15-21-62-22-16-49/h6-14,25-26,28-29H,15-24,27,30-33H2,1-5H3,(H,55,59). The fourth-order valence-corrected chi connectivity index (χ4v) is 10.5. The smallest absolute Gasteiger partial charge is 0.268 e. The van der Waals surface area contributed by atoms with Gasteiger partial charge in [-0.1, -0.05) is 61.0 Å². The quantitative estimate of drug-likeness (QED) is 0.0699. The summed E-state index contributed by atoms with van der Waals surface area (Å²) >= 11 is 12.6. The highest BCUT2D eigenvalue weighted by Gasteiger charge is 2.35. The Morgan fingerprint density at radius 3 is 2.43 bits per heavy atom. The lowest BCUT2D eigenvalue weighted by Gasteiger charge is -2.39. The number of carbonyl (C=O) groups is 1. The summed E-state index contributed by atoms with van der Waals surface area (Å²) in [7, 11) is -5.81. The van der Waals surface area contributed by atoms with Gasteiger partial charge in [0.25, 0.3) is 15.9 Å². The number of anilines is 1. The van der Waals surface area contributed by atoms with E-state index in [1.807, 2.05) is 24.3 Å². The number of nitrogens with zero attached hydrogens (tertiary/aromatic N) is 5. The summed E-state index contributed by atoms with van der Waals surface area (Å²) in [4.78, 5) is 22.4. The molecule has 5 heterocycles. The first-order chi connectivity index (χ1) is 32.3. The number of carbonyl (C=O) groups excluding carboxylic acids is 1. The normalized spacial score (nSPS) is 17.9. The van der Waals surface area contributed by atoms with E-state index in [0.717, 1.165) is 61.1 Å². The Kier molecular flexibility index (Phi) is 15.2. The molecule has 0 atom stereocenters. The van der Waals surface area contributed by atoms with Crippen LogP contribution in [0.2, 0.25) is 35.7 Å². The number of amides is 1. The second kappa shape index (κ2) is 20.8. The molecule has 5 aromatic rings. The molecule has 2 fully saturated rings. The first-order valence-electron chi connectivity index (χ1n) is 22.9. The predicted molar refractivity (Wildman–Crippen MR) is 265 cm³/mol. The highest BCUT2D eigenvalue weighted by Crippen LogP contribution is 2.38. The number of nitrogens with one attached hydrogen (secondary N) is 1. The largest absolute Gasteiger partial charge is 0.473 e. The minimum absolute atomic E-state index is 0.0272. The zero-order valence-corrected chi connectivity index (χ0v) is 42.5. The number of hydrogen-bond acceptors (Lipinski definition) is 12. The predicted octanol–water partition coefficient (Wildman–Crippen LogP) is 9.63. The first-order valence-corrected chi connectivity index (χ1v) is 28.8. The van der Waals surface area contributed by atoms with Gasteiger partial charge in [0.15, 0.2) is 0 Å². The van der Waals surface area contributed by atoms with E-state index in [1.54, 1.807) is 35.1 Å². The van der Waals surface area contributed by atoms with Gasteiger partial charge in [-0.2, -0.15) is 5.10 Å². The van der Waals surface area contributed by atoms with Crippen molar-refractivity contribution in [2.24, 2.45) is 0 Å². The molecule has 3 aliphatic heterocycles. The number of alkyl halides is 1. The summed E-state index contributed by atoms with van der Waals surface area (Å²) < 4.78 is 76.3. The second-order valence-corrected chi connectivity index (χ2v) is 27.6. The van der Waals surface area contributed by atoms with Crippen molar-refractivity contribution < 1.29 is 41.3 Å². The van der Waals surface area contributed by atoms with Gasteiger partial charge in [-0.25, -0.2) is 27.2 Å². The van der Waals surface area contributed by atoms with Gasteiger partial charge >= 0.3 is 0 Å². The molecular weight excluding hydrogens is 951 g/mol. The lowest BCUT2D eigenvalue weighted by molar-refractivity contribution is -0.0331. The highest BCUT2D eigenvalue weighted by atomic mass is 35.5. The Morgan fingerprint density at radius 1 is 0.956 bits per heavy atom. The van der Waals surface area contributed by atoms with Crippen molar-refractivity contribution in [3.63, 3.8) is 0 Å². The van der Waals surface area contributed by atoms with E-state index in [2.05, 4.69) is 70.2 Å². The third-order valence-electron chi connectivity index (χ3n) is 12.5. The second-order valence-electron chi connectivity index (χ2n) is 19.5. The number of ether oxygens (including phenoxy) is 5. The Bertz CT molecular complexity index is 2760. The molecule has 0 bridgehead atoms. The minimum Gasteiger partial charge on any atom is -0.473 e. The lowest BCUT2D eigenvalue weighted by atomic mass is 9.87. The van der Waals surface area contributed by atoms with E-state index in [-0.39, 0.29) is 72.1 Å². The van der Waals surface area contributed by atoms with Gasteiger partial charge in [0.05, 0.1) is 41.1 Å². The van der Waals surface area contributed by atoms with Gasteiger partial charge in [-0.05, 0) is 79.1 Å². The number of benzene rings is 3. The van der Waals surface area contributed by atoms with E-state index < -0.39 is 29.7 Å². The number of aromatic nitrogens is 3. The zero-order chi connectivity index (χ0) is 48.3. The summed E-state index contributed by atoms with van der Waals surface area (Å²) in [5.74, 6) is -0.514. The maximum Gasteiger partial charge on any atom is 0.268 e. The topological polar surface area (TPSA) is 147 Å². The van der Waals surface area contributed by atoms with Crippen molar-refractivity contribution in [2.75, 3.05) is 70.7 Å². The van der Waals surface area contributed by atoms with Gasteiger partial charge in [0.1, 0.15) is 40.4 Å². The van der Waals surface area contributed by atoms with Gasteiger partial charge in [0, 0.05) is 96.7 Å². The number of rotatable bonds is 17. The number of fused-ring (bicyclic) bond motifs is 1. The molecule has 0 unspecified atom stereocenters. The maximum absolute atomic E-state index is 15.2. The Morgan fingerprint density at radius 2 is 1.71 bits per heavy atom. The number of pyridine rings is 1. The van der Waals surface area contributed by atoms with Crippen LogP contribution in [0.1, 0.15) is 49.0 Å². The summed E-state index contributed by atoms with van der Waals surface area (Å²) in [6.07, 6.45) is 3.79. The summed E-state index contributed by atoms with van der Waals surface area (Å²) in [6.45, 7) is 16.4. The summed E-state index contributed by atoms with van der Waals surface area (Å²) in [5.41, 5.74) is 3.32. The van der Waals surface area contributed by atoms with Crippen LogP contribution in [-0.2, 0) is 31.0 Å². The molecule has 2 saturated heterocycles. The van der Waals surface area contributed by atoms with Crippen LogP contribution >= 0.6 is 23.2 Å². The first kappa shape index (κ1) is 49.8. The van der Waals surface area contributed by atoms with E-state index in [0.29, 0.717) is 42.5 Å². The van der Waals surface area contributed by atoms with E-state index >= 15 is 4.39 Å². The van der Waals surface area contributed by atoms with Crippen molar-refractivity contribution in [3.05, 3.63) is 106 Å². The molecule has 68 heavy (non-hydrogen) atoms. The lowest BCUT2D eigenvalue weighted by Crippen LogP contribution is -2.47. The molecule has 14 nitrogen and oxygen atoms in total. The van der Waals surface area contributed by atoms with Gasteiger partial charge in [-0.15, -0.1) is 0 Å². The molecule has 1 N–H and O–H groups in total. The van der Waals surface area contributed by atoms with Crippen LogP contribution in [-0.4, -0.2) is 119 Å². The fraction of sp³-hybridized carbons (Fsp3) is 0.449. The molecule has 0 spiro atoms. The van der Waals surface area contributed by atoms with Gasteiger partial charge in [0.2, 0.25) is 5.88 Å². The molecule has 364 valence electrons. The third kappa shape index (κ3) is 12.4. The Labute approximate surface area is 408 Å². The molecule has 0 radical (unpaired) electrons. The Balaban J connectivity index is 1.02. The van der Waals surface area contributed by atoms with Crippen LogP contribution < -0.4 is 19.1 Å². The summed E-state index contributed by atoms with van der Waals surface area (Å²) in [5, 5.41) is 5.80. The molecule has 0 aliphatic carbocycles. The van der Waals surface area contributed by atoms with Crippen LogP contribution in [0.25, 0.3) is 16.5 Å². The maximum atomic E-state index is 15.2. The molecular formula is C49H59Cl2FN6O8SSi. The third-order valence-corrected chi connectivity index (χ3v) is 16.0. The van der Waals surface area contributed by atoms with Crippen LogP contribution in [0.4, 0.5) is 10.1 Å². The van der Waals surface area contributed by atoms with Gasteiger partial charge < -0.3 is 28.6 Å². The monoisotopic (exact) mass is 1010 g/mol. The average Bonchev–Trinajstić information content (AvgIpc) is 3.72. The van der Waals surface area contributed by atoms with E-state index in [4.69, 9.17) is 46.9 Å². The molecule has 1 amide bonds. The van der Waals surface area contributed by atoms with Crippen LogP contribution in [0.5, 0.6) is 17.4 Å². The summed E-state index contributed by atoms with van der Waals surface area (Å²) in [6, 6.07) is 20.8. The number of sulfonamides is 1. The number of halogens is 3. The molecule has 0 saturated carbocycles. The van der Waals surface area contributed by atoms with Crippen LogP contribution in [0, 0.1) is 0 Å². The van der Waals surface area contributed by atoms with Crippen LogP contribution in [0.3, 0.4) is 0 Å². The van der Waals surface area contributed by atoms with Crippen molar-refractivity contribution >= 4 is 69.4 Å². The molecule has 3 aliphatic rings. The Hall–Kier alpha value is -4.59. The molecule has 19 heteroatoms.